The Balaban J connectivity index is 2.14. The molecule has 1 fully saturated rings. The van der Waals surface area contributed by atoms with Crippen LogP contribution in [0.3, 0.4) is 0 Å². The molecule has 0 aromatic heterocycles. The highest BCUT2D eigenvalue weighted by Crippen LogP contribution is 2.22. The van der Waals surface area contributed by atoms with Crippen molar-refractivity contribution in [2.75, 3.05) is 19.8 Å². The summed E-state index contributed by atoms with van der Waals surface area (Å²) >= 11 is 0. The second-order valence-corrected chi connectivity index (χ2v) is 8.32. The lowest BCUT2D eigenvalue weighted by Crippen LogP contribution is -2.46. The minimum Gasteiger partial charge on any atom is -0.392 e. The lowest BCUT2D eigenvalue weighted by atomic mass is 9.96. The highest BCUT2D eigenvalue weighted by Gasteiger charge is 2.19. The number of benzene rings is 1. The number of rotatable bonds is 5. The van der Waals surface area contributed by atoms with Crippen molar-refractivity contribution in [3.8, 4) is 0 Å². The van der Waals surface area contributed by atoms with Crippen LogP contribution in [0.4, 0.5) is 0 Å². The molecule has 1 N–H and O–H groups in total. The van der Waals surface area contributed by atoms with Crippen molar-refractivity contribution in [3.05, 3.63) is 64.4 Å². The number of aryl methyl sites for hydroxylation is 1. The molecular weight excluding hydrogens is 386 g/mol. The van der Waals surface area contributed by atoms with E-state index in [9.17, 15) is 5.11 Å². The maximum Gasteiger partial charge on any atom is 0.127 e. The quantitative estimate of drug-likeness (QED) is 0.401. The summed E-state index contributed by atoms with van der Waals surface area (Å²) in [7, 11) is 0. The summed E-state index contributed by atoms with van der Waals surface area (Å²) in [5.74, 6) is 1.65. The zero-order valence-electron chi connectivity index (χ0n) is 20.1. The summed E-state index contributed by atoms with van der Waals surface area (Å²) in [6.45, 7) is 20.7. The van der Waals surface area contributed by atoms with E-state index in [0.717, 1.165) is 53.4 Å². The van der Waals surface area contributed by atoms with Crippen LogP contribution in [0.25, 0.3) is 5.57 Å². The molecule has 168 valence electrons. The molecule has 1 saturated heterocycles. The normalized spacial score (nSPS) is 19.1. The van der Waals surface area contributed by atoms with Crippen LogP contribution in [-0.4, -0.2) is 47.5 Å². The number of aliphatic hydroxyl groups is 1. The lowest BCUT2D eigenvalue weighted by molar-refractivity contribution is 0.0330. The van der Waals surface area contributed by atoms with Gasteiger partial charge in [-0.2, -0.15) is 0 Å². The van der Waals surface area contributed by atoms with Crippen LogP contribution in [0.15, 0.2) is 52.1 Å². The maximum atomic E-state index is 9.61. The molecule has 0 radical (unpaired) electrons. The van der Waals surface area contributed by atoms with Crippen LogP contribution >= 0.6 is 0 Å². The summed E-state index contributed by atoms with van der Waals surface area (Å²) < 4.78 is 5.50. The molecule has 1 aliphatic rings. The molecule has 0 aliphatic carbocycles. The Kier molecular flexibility index (Phi) is 8.96. The van der Waals surface area contributed by atoms with Gasteiger partial charge in [0.2, 0.25) is 0 Å². The first kappa shape index (κ1) is 24.8. The number of ether oxygens (including phenoxy) is 1. The smallest absolute Gasteiger partial charge is 0.127 e. The van der Waals surface area contributed by atoms with Gasteiger partial charge in [-0.3, -0.25) is 0 Å². The second kappa shape index (κ2) is 11.2. The van der Waals surface area contributed by atoms with E-state index in [1.165, 1.54) is 5.56 Å². The molecule has 1 aliphatic heterocycles. The van der Waals surface area contributed by atoms with Gasteiger partial charge >= 0.3 is 0 Å². The largest absolute Gasteiger partial charge is 0.392 e. The van der Waals surface area contributed by atoms with E-state index < -0.39 is 0 Å². The Hall–Kier alpha value is -2.50. The molecule has 1 aromatic rings. The summed E-state index contributed by atoms with van der Waals surface area (Å²) in [6, 6.07) is 4.53. The Morgan fingerprint density at radius 2 is 1.90 bits per heavy atom. The highest BCUT2D eigenvalue weighted by molar-refractivity contribution is 5.95. The van der Waals surface area contributed by atoms with Crippen molar-refractivity contribution >= 4 is 17.2 Å². The van der Waals surface area contributed by atoms with Gasteiger partial charge in [0.25, 0.3) is 0 Å². The Labute approximate surface area is 187 Å². The predicted octanol–water partition coefficient (Wildman–Crippen LogP) is 5.22. The molecule has 0 amide bonds. The molecule has 1 aromatic carbocycles. The molecular formula is C26H37N3O2. The van der Waals surface area contributed by atoms with Gasteiger partial charge in [0.1, 0.15) is 11.7 Å². The van der Waals surface area contributed by atoms with E-state index in [4.69, 9.17) is 4.74 Å². The number of hydrogen-bond donors (Lipinski definition) is 1. The summed E-state index contributed by atoms with van der Waals surface area (Å²) in [4.78, 5) is 11.5. The fraction of sp³-hybridized carbons (Fsp3) is 0.462. The number of hydrogen-bond acceptors (Lipinski definition) is 3. The molecule has 5 nitrogen and oxygen atoms in total. The zero-order valence-corrected chi connectivity index (χ0v) is 20.1. The van der Waals surface area contributed by atoms with Crippen molar-refractivity contribution < 1.29 is 9.84 Å². The third-order valence-electron chi connectivity index (χ3n) is 5.84. The van der Waals surface area contributed by atoms with Crippen LogP contribution in [0.5, 0.6) is 0 Å². The topological polar surface area (TPSA) is 57.4 Å². The van der Waals surface area contributed by atoms with E-state index in [2.05, 4.69) is 60.4 Å². The van der Waals surface area contributed by atoms with E-state index in [1.54, 1.807) is 0 Å². The number of aliphatic hydroxyl groups excluding tert-OH is 1. The standard InChI is InChI=1S/C26H37N3O2/c1-17(9-10-18(2)25-13-19(3)21(5)26(14-25)15-30)22(6)27-23(7)28-24(8)29-11-12-31-16-20(29)4/h9-10,13-14,20,30H,6,11-12,15-16H2,1-5,7-8H3/b17-9-,18-10+,27-23-,28-24+/t20-/m0/s1. The molecule has 5 heteroatoms. The van der Waals surface area contributed by atoms with Crippen LogP contribution in [-0.2, 0) is 11.3 Å². The van der Waals surface area contributed by atoms with E-state index in [0.29, 0.717) is 17.6 Å². The minimum atomic E-state index is 0.0522. The lowest BCUT2D eigenvalue weighted by Gasteiger charge is -2.34. The molecule has 0 saturated carbocycles. The first-order chi connectivity index (χ1) is 14.6. The minimum absolute atomic E-state index is 0.0522. The van der Waals surface area contributed by atoms with Crippen molar-refractivity contribution in [2.24, 2.45) is 9.98 Å². The van der Waals surface area contributed by atoms with Crippen LogP contribution in [0.2, 0.25) is 0 Å². The molecule has 0 spiro atoms. The van der Waals surface area contributed by atoms with Gasteiger partial charge in [0.15, 0.2) is 0 Å². The number of morpholine rings is 1. The van der Waals surface area contributed by atoms with Gasteiger partial charge in [0.05, 0.1) is 31.6 Å². The number of allylic oxidation sites excluding steroid dienone is 4. The monoisotopic (exact) mass is 423 g/mol. The van der Waals surface area contributed by atoms with Crippen molar-refractivity contribution in [3.63, 3.8) is 0 Å². The Bertz CT molecular complexity index is 938. The molecule has 2 rings (SSSR count). The van der Waals surface area contributed by atoms with Crippen molar-refractivity contribution in [1.29, 1.82) is 0 Å². The van der Waals surface area contributed by atoms with Crippen molar-refractivity contribution in [2.45, 2.75) is 61.1 Å². The Morgan fingerprint density at radius 3 is 2.55 bits per heavy atom. The van der Waals surface area contributed by atoms with E-state index >= 15 is 0 Å². The maximum absolute atomic E-state index is 9.61. The summed E-state index contributed by atoms with van der Waals surface area (Å²) in [5, 5.41) is 9.61. The molecule has 31 heavy (non-hydrogen) atoms. The first-order valence-corrected chi connectivity index (χ1v) is 10.8. The number of aliphatic imine (C=N–C) groups is 2. The zero-order chi connectivity index (χ0) is 23.1. The van der Waals surface area contributed by atoms with Crippen LogP contribution < -0.4 is 0 Å². The average molecular weight is 424 g/mol. The first-order valence-electron chi connectivity index (χ1n) is 10.8. The van der Waals surface area contributed by atoms with Gasteiger partial charge in [-0.25, -0.2) is 9.98 Å². The van der Waals surface area contributed by atoms with Crippen molar-refractivity contribution in [1.82, 2.24) is 4.90 Å². The number of nitrogens with zero attached hydrogens (tertiary/aromatic N) is 3. The molecule has 0 unspecified atom stereocenters. The molecule has 1 heterocycles. The van der Waals surface area contributed by atoms with Gasteiger partial charge in [-0.1, -0.05) is 24.8 Å². The summed E-state index contributed by atoms with van der Waals surface area (Å²) in [6.07, 6.45) is 4.10. The fourth-order valence-corrected chi connectivity index (χ4v) is 3.58. The third-order valence-corrected chi connectivity index (χ3v) is 5.84. The average Bonchev–Trinajstić information content (AvgIpc) is 2.73. The van der Waals surface area contributed by atoms with E-state index in [1.807, 2.05) is 33.8 Å². The van der Waals surface area contributed by atoms with Gasteiger partial charge < -0.3 is 14.7 Å². The van der Waals surface area contributed by atoms with Crippen LogP contribution in [0.1, 0.15) is 56.9 Å². The van der Waals surface area contributed by atoms with Crippen LogP contribution in [0, 0.1) is 13.8 Å². The molecule has 0 bridgehead atoms. The fourth-order valence-electron chi connectivity index (χ4n) is 3.58. The predicted molar refractivity (Wildman–Crippen MR) is 132 cm³/mol. The second-order valence-electron chi connectivity index (χ2n) is 8.32. The molecule has 1 atom stereocenters. The third kappa shape index (κ3) is 6.74. The number of amidine groups is 2. The SMILES string of the molecule is C=C(/N=C(C)\N=C(/C)N1CCOC[C@@H]1C)/C(C)=C\C=C(/C)c1cc(C)c(C)c(CO)c1. The van der Waals surface area contributed by atoms with E-state index in [-0.39, 0.29) is 6.61 Å². The van der Waals surface area contributed by atoms with Gasteiger partial charge in [-0.15, -0.1) is 0 Å². The highest BCUT2D eigenvalue weighted by atomic mass is 16.5. The summed E-state index contributed by atoms with van der Waals surface area (Å²) in [5.41, 5.74) is 7.22. The van der Waals surface area contributed by atoms with Gasteiger partial charge in [-0.05, 0) is 87.9 Å². The van der Waals surface area contributed by atoms with Gasteiger partial charge in [0, 0.05) is 6.54 Å². The Morgan fingerprint density at radius 1 is 1.19 bits per heavy atom.